The van der Waals surface area contributed by atoms with Gasteiger partial charge in [-0.05, 0) is 59.7 Å². The lowest BCUT2D eigenvalue weighted by Crippen LogP contribution is -2.07. The topological polar surface area (TPSA) is 12.0 Å². The van der Waals surface area contributed by atoms with Gasteiger partial charge in [0, 0.05) is 25.9 Å². The maximum Gasteiger partial charge on any atom is 0.0500 e. The van der Waals surface area contributed by atoms with Gasteiger partial charge in [0.1, 0.15) is 0 Å². The van der Waals surface area contributed by atoms with Gasteiger partial charge in [-0.1, -0.05) is 33.6 Å². The van der Waals surface area contributed by atoms with Gasteiger partial charge in [0.2, 0.25) is 0 Å². The quantitative estimate of drug-likeness (QED) is 0.558. The smallest absolute Gasteiger partial charge is 0.0500 e. The van der Waals surface area contributed by atoms with Gasteiger partial charge in [0.25, 0.3) is 0 Å². The van der Waals surface area contributed by atoms with E-state index in [2.05, 4.69) is 57.8 Å². The van der Waals surface area contributed by atoms with Gasteiger partial charge in [-0.3, -0.25) is 0 Å². The summed E-state index contributed by atoms with van der Waals surface area (Å²) in [5.41, 5.74) is 2.21. The van der Waals surface area contributed by atoms with E-state index < -0.39 is 0 Å². The Morgan fingerprint density at radius 1 is 1.15 bits per heavy atom. The van der Waals surface area contributed by atoms with E-state index in [0.29, 0.717) is 0 Å². The average Bonchev–Trinajstić information content (AvgIpc) is 2.85. The lowest BCUT2D eigenvalue weighted by molar-refractivity contribution is 0.885. The molecule has 0 saturated carbocycles. The molecule has 1 nitrogen and oxygen atoms in total. The van der Waals surface area contributed by atoms with Crippen LogP contribution in [-0.4, -0.2) is 0 Å². The molecule has 20 heavy (non-hydrogen) atoms. The van der Waals surface area contributed by atoms with Gasteiger partial charge < -0.3 is 5.32 Å². The van der Waals surface area contributed by atoms with E-state index in [1.165, 1.54) is 10.1 Å². The Balaban J connectivity index is 1.85. The Labute approximate surface area is 135 Å². The summed E-state index contributed by atoms with van der Waals surface area (Å²) in [5.74, 6) is 0. The van der Waals surface area contributed by atoms with Crippen molar-refractivity contribution >= 4 is 54.6 Å². The molecule has 0 saturated heterocycles. The maximum absolute atomic E-state index is 6.30. The molecule has 1 heterocycles. The Hall–Kier alpha value is -1.03. The molecule has 0 aliphatic carbocycles. The number of hydrogen-bond acceptors (Lipinski definition) is 2. The van der Waals surface area contributed by atoms with Crippen LogP contribution in [0.1, 0.15) is 18.5 Å². The minimum Gasteiger partial charge on any atom is -0.378 e. The van der Waals surface area contributed by atoms with Crippen molar-refractivity contribution in [1.82, 2.24) is 0 Å². The lowest BCUT2D eigenvalue weighted by Gasteiger charge is -2.17. The van der Waals surface area contributed by atoms with Crippen molar-refractivity contribution in [2.45, 2.75) is 13.0 Å². The number of rotatable bonds is 3. The van der Waals surface area contributed by atoms with Gasteiger partial charge in [-0.15, -0.1) is 11.3 Å². The molecule has 0 fully saturated rings. The minimum absolute atomic E-state index is 0.159. The van der Waals surface area contributed by atoms with E-state index in [1.54, 1.807) is 11.3 Å². The van der Waals surface area contributed by atoms with Crippen LogP contribution in [0.25, 0.3) is 10.1 Å². The second-order valence-electron chi connectivity index (χ2n) is 4.71. The first-order valence-electron chi connectivity index (χ1n) is 6.32. The molecule has 1 atom stereocenters. The first kappa shape index (κ1) is 13.9. The standard InChI is InChI=1S/C16H13BrClNS/c1-10(14-4-2-12(17)9-15(14)18)19-13-3-5-16-11(8-13)6-7-20-16/h2-10,19H,1H3. The molecule has 2 aromatic carbocycles. The SMILES string of the molecule is CC(Nc1ccc2sccc2c1)c1ccc(Br)cc1Cl. The first-order chi connectivity index (χ1) is 9.63. The Kier molecular flexibility index (Phi) is 4.01. The van der Waals surface area contributed by atoms with E-state index in [4.69, 9.17) is 11.6 Å². The molecule has 0 amide bonds. The van der Waals surface area contributed by atoms with Crippen molar-refractivity contribution in [2.24, 2.45) is 0 Å². The Morgan fingerprint density at radius 2 is 2.00 bits per heavy atom. The van der Waals surface area contributed by atoms with Crippen LogP contribution in [0.3, 0.4) is 0 Å². The molecule has 0 radical (unpaired) electrons. The molecule has 0 aliphatic rings. The van der Waals surface area contributed by atoms with E-state index in [1.807, 2.05) is 18.2 Å². The van der Waals surface area contributed by atoms with Crippen LogP contribution in [-0.2, 0) is 0 Å². The zero-order valence-electron chi connectivity index (χ0n) is 10.9. The summed E-state index contributed by atoms with van der Waals surface area (Å²) >= 11 is 11.5. The average molecular weight is 367 g/mol. The van der Waals surface area contributed by atoms with Gasteiger partial charge in [0.05, 0.1) is 0 Å². The van der Waals surface area contributed by atoms with Crippen molar-refractivity contribution in [3.63, 3.8) is 0 Å². The van der Waals surface area contributed by atoms with Gasteiger partial charge in [-0.2, -0.15) is 0 Å². The second kappa shape index (κ2) is 5.76. The largest absolute Gasteiger partial charge is 0.378 e. The molecule has 1 unspecified atom stereocenters. The molecular weight excluding hydrogens is 354 g/mol. The van der Waals surface area contributed by atoms with Crippen molar-refractivity contribution < 1.29 is 0 Å². The number of thiophene rings is 1. The third-order valence-corrected chi connectivity index (χ3v) is 4.98. The Morgan fingerprint density at radius 3 is 2.80 bits per heavy atom. The van der Waals surface area contributed by atoms with Gasteiger partial charge >= 0.3 is 0 Å². The third kappa shape index (κ3) is 2.85. The number of nitrogens with one attached hydrogen (secondary N) is 1. The second-order valence-corrected chi connectivity index (χ2v) is 6.98. The summed E-state index contributed by atoms with van der Waals surface area (Å²) in [6.45, 7) is 2.12. The lowest BCUT2D eigenvalue weighted by atomic mass is 10.1. The number of benzene rings is 2. The molecule has 1 aromatic heterocycles. The number of halogens is 2. The van der Waals surface area contributed by atoms with E-state index in [-0.39, 0.29) is 6.04 Å². The molecule has 3 aromatic rings. The summed E-state index contributed by atoms with van der Waals surface area (Å²) < 4.78 is 2.31. The van der Waals surface area contributed by atoms with Crippen LogP contribution in [0.15, 0.2) is 52.3 Å². The highest BCUT2D eigenvalue weighted by atomic mass is 79.9. The molecule has 0 aliphatic heterocycles. The van der Waals surface area contributed by atoms with E-state index >= 15 is 0 Å². The van der Waals surface area contributed by atoms with Crippen LogP contribution in [0.2, 0.25) is 5.02 Å². The fourth-order valence-electron chi connectivity index (χ4n) is 2.24. The Bertz CT molecular complexity index is 753. The van der Waals surface area contributed by atoms with Crippen molar-refractivity contribution in [2.75, 3.05) is 5.32 Å². The van der Waals surface area contributed by atoms with Gasteiger partial charge in [-0.25, -0.2) is 0 Å². The maximum atomic E-state index is 6.30. The highest BCUT2D eigenvalue weighted by Crippen LogP contribution is 2.30. The summed E-state index contributed by atoms with van der Waals surface area (Å²) in [7, 11) is 0. The summed E-state index contributed by atoms with van der Waals surface area (Å²) in [4.78, 5) is 0. The predicted octanol–water partition coefficient (Wildman–Crippen LogP) is 6.49. The van der Waals surface area contributed by atoms with Crippen LogP contribution >= 0.6 is 38.9 Å². The molecule has 1 N–H and O–H groups in total. The fourth-order valence-corrected chi connectivity index (χ4v) is 3.84. The highest BCUT2D eigenvalue weighted by Gasteiger charge is 2.10. The van der Waals surface area contributed by atoms with Crippen LogP contribution in [0.4, 0.5) is 5.69 Å². The molecule has 4 heteroatoms. The number of anilines is 1. The minimum atomic E-state index is 0.159. The normalized spacial score (nSPS) is 12.6. The first-order valence-corrected chi connectivity index (χ1v) is 8.37. The van der Waals surface area contributed by atoms with Gasteiger partial charge in [0.15, 0.2) is 0 Å². The predicted molar refractivity (Wildman–Crippen MR) is 93.0 cm³/mol. The zero-order chi connectivity index (χ0) is 14.1. The summed E-state index contributed by atoms with van der Waals surface area (Å²) in [5, 5.41) is 7.67. The molecule has 0 bridgehead atoms. The molecule has 0 spiro atoms. The highest BCUT2D eigenvalue weighted by molar-refractivity contribution is 9.10. The third-order valence-electron chi connectivity index (χ3n) is 3.26. The van der Waals surface area contributed by atoms with Crippen LogP contribution in [0, 0.1) is 0 Å². The van der Waals surface area contributed by atoms with Crippen molar-refractivity contribution in [3.8, 4) is 0 Å². The zero-order valence-corrected chi connectivity index (χ0v) is 14.0. The fraction of sp³-hybridized carbons (Fsp3) is 0.125. The number of hydrogen-bond donors (Lipinski definition) is 1. The molecular formula is C16H13BrClNS. The van der Waals surface area contributed by atoms with Crippen LogP contribution in [0.5, 0.6) is 0 Å². The molecule has 102 valence electrons. The van der Waals surface area contributed by atoms with Crippen molar-refractivity contribution in [1.29, 1.82) is 0 Å². The number of fused-ring (bicyclic) bond motifs is 1. The summed E-state index contributed by atoms with van der Waals surface area (Å²) in [6.07, 6.45) is 0. The monoisotopic (exact) mass is 365 g/mol. The van der Waals surface area contributed by atoms with E-state index in [9.17, 15) is 0 Å². The van der Waals surface area contributed by atoms with Crippen molar-refractivity contribution in [3.05, 3.63) is 62.9 Å². The summed E-state index contributed by atoms with van der Waals surface area (Å²) in [6, 6.07) is 14.7. The van der Waals surface area contributed by atoms with Crippen LogP contribution < -0.4 is 5.32 Å². The molecule has 3 rings (SSSR count). The van der Waals surface area contributed by atoms with E-state index in [0.717, 1.165) is 20.7 Å².